The first-order chi connectivity index (χ1) is 16.9. The standard InChI is InChI=1S/C29H26O6/c1-4-19-14-22-25(16-24(19)35-29(31)20-8-6-17(2)7-9-20)34-18(3)27(28(22)30)21-10-11-23-26(15-21)33-13-5-12-32-23/h6-11,14-16H,4-5,12-13H2,1-3H3. The van der Waals surface area contributed by atoms with Crippen LogP contribution in [0.3, 0.4) is 0 Å². The van der Waals surface area contributed by atoms with Crippen LogP contribution in [0, 0.1) is 13.8 Å². The molecule has 0 bridgehead atoms. The summed E-state index contributed by atoms with van der Waals surface area (Å²) in [5.41, 5.74) is 3.66. The third-order valence-electron chi connectivity index (χ3n) is 6.16. The lowest BCUT2D eigenvalue weighted by Crippen LogP contribution is -2.12. The number of hydrogen-bond acceptors (Lipinski definition) is 6. The van der Waals surface area contributed by atoms with Gasteiger partial charge in [-0.25, -0.2) is 4.79 Å². The van der Waals surface area contributed by atoms with E-state index in [-0.39, 0.29) is 5.43 Å². The molecule has 0 amide bonds. The Bertz CT molecular complexity index is 1480. The monoisotopic (exact) mass is 470 g/mol. The molecular formula is C29H26O6. The van der Waals surface area contributed by atoms with E-state index in [1.165, 1.54) is 0 Å². The van der Waals surface area contributed by atoms with Gasteiger partial charge in [-0.3, -0.25) is 4.79 Å². The lowest BCUT2D eigenvalue weighted by atomic mass is 10.0. The van der Waals surface area contributed by atoms with Crippen molar-refractivity contribution >= 4 is 16.9 Å². The Labute approximate surface area is 203 Å². The number of fused-ring (bicyclic) bond motifs is 2. The fraction of sp³-hybridized carbons (Fsp3) is 0.241. The minimum Gasteiger partial charge on any atom is -0.490 e. The van der Waals surface area contributed by atoms with Crippen molar-refractivity contribution in [2.45, 2.75) is 33.6 Å². The Balaban J connectivity index is 1.56. The lowest BCUT2D eigenvalue weighted by Gasteiger charge is -2.13. The van der Waals surface area contributed by atoms with Crippen molar-refractivity contribution in [3.8, 4) is 28.4 Å². The second-order valence-corrected chi connectivity index (χ2v) is 8.64. The van der Waals surface area contributed by atoms with Gasteiger partial charge in [0, 0.05) is 12.5 Å². The van der Waals surface area contributed by atoms with Gasteiger partial charge in [0.1, 0.15) is 17.1 Å². The second-order valence-electron chi connectivity index (χ2n) is 8.64. The highest BCUT2D eigenvalue weighted by Gasteiger charge is 2.20. The van der Waals surface area contributed by atoms with Crippen LogP contribution in [0.5, 0.6) is 17.2 Å². The maximum absolute atomic E-state index is 13.6. The molecule has 0 fully saturated rings. The average molecular weight is 471 g/mol. The van der Waals surface area contributed by atoms with E-state index < -0.39 is 5.97 Å². The van der Waals surface area contributed by atoms with Gasteiger partial charge in [-0.05, 0) is 61.7 Å². The van der Waals surface area contributed by atoms with E-state index in [1.807, 2.05) is 44.2 Å². The van der Waals surface area contributed by atoms with Gasteiger partial charge in [-0.1, -0.05) is 30.7 Å². The Morgan fingerprint density at radius 2 is 1.69 bits per heavy atom. The fourth-order valence-electron chi connectivity index (χ4n) is 4.25. The highest BCUT2D eigenvalue weighted by molar-refractivity contribution is 5.92. The van der Waals surface area contributed by atoms with Gasteiger partial charge in [0.2, 0.25) is 5.43 Å². The van der Waals surface area contributed by atoms with Crippen molar-refractivity contribution in [1.29, 1.82) is 0 Å². The smallest absolute Gasteiger partial charge is 0.343 e. The topological polar surface area (TPSA) is 75.0 Å². The number of rotatable bonds is 4. The van der Waals surface area contributed by atoms with Gasteiger partial charge in [0.05, 0.1) is 29.7 Å². The van der Waals surface area contributed by atoms with Crippen LogP contribution in [0.1, 0.15) is 40.6 Å². The first-order valence-corrected chi connectivity index (χ1v) is 11.7. The minimum absolute atomic E-state index is 0.149. The van der Waals surface area contributed by atoms with E-state index in [2.05, 4.69) is 0 Å². The van der Waals surface area contributed by atoms with Crippen LogP contribution in [0.25, 0.3) is 22.1 Å². The van der Waals surface area contributed by atoms with Gasteiger partial charge in [0.25, 0.3) is 0 Å². The zero-order valence-electron chi connectivity index (χ0n) is 20.0. The molecule has 6 nitrogen and oxygen atoms in total. The molecule has 0 unspecified atom stereocenters. The fourth-order valence-corrected chi connectivity index (χ4v) is 4.25. The zero-order chi connectivity index (χ0) is 24.5. The number of aryl methyl sites for hydroxylation is 3. The Morgan fingerprint density at radius 1 is 0.943 bits per heavy atom. The maximum Gasteiger partial charge on any atom is 0.343 e. The minimum atomic E-state index is -0.457. The van der Waals surface area contributed by atoms with Crippen LogP contribution in [0.2, 0.25) is 0 Å². The summed E-state index contributed by atoms with van der Waals surface area (Å²) >= 11 is 0. The third-order valence-corrected chi connectivity index (χ3v) is 6.16. The summed E-state index contributed by atoms with van der Waals surface area (Å²) in [4.78, 5) is 26.3. The lowest BCUT2D eigenvalue weighted by molar-refractivity contribution is 0.0733. The quantitative estimate of drug-likeness (QED) is 0.268. The summed E-state index contributed by atoms with van der Waals surface area (Å²) in [5.74, 6) is 1.68. The first kappa shape index (κ1) is 22.7. The van der Waals surface area contributed by atoms with E-state index in [9.17, 15) is 9.59 Å². The predicted octanol–water partition coefficient (Wildman–Crippen LogP) is 6.02. The molecule has 4 aromatic rings. The van der Waals surface area contributed by atoms with Crippen LogP contribution in [0.4, 0.5) is 0 Å². The summed E-state index contributed by atoms with van der Waals surface area (Å²) in [6.07, 6.45) is 1.39. The maximum atomic E-state index is 13.6. The van der Waals surface area contributed by atoms with Crippen LogP contribution in [-0.2, 0) is 6.42 Å². The molecule has 35 heavy (non-hydrogen) atoms. The first-order valence-electron chi connectivity index (χ1n) is 11.7. The number of esters is 1. The molecular weight excluding hydrogens is 444 g/mol. The van der Waals surface area contributed by atoms with Gasteiger partial charge >= 0.3 is 5.97 Å². The van der Waals surface area contributed by atoms with Gasteiger partial charge in [0.15, 0.2) is 11.5 Å². The SMILES string of the molecule is CCc1cc2c(=O)c(-c3ccc4c(c3)OCCCO4)c(C)oc2cc1OC(=O)c1ccc(C)cc1. The van der Waals surface area contributed by atoms with Crippen molar-refractivity contribution in [2.24, 2.45) is 0 Å². The molecule has 0 aliphatic carbocycles. The highest BCUT2D eigenvalue weighted by Crippen LogP contribution is 2.36. The molecule has 1 aliphatic rings. The molecule has 1 aromatic heterocycles. The van der Waals surface area contributed by atoms with Crippen LogP contribution >= 0.6 is 0 Å². The average Bonchev–Trinajstić information content (AvgIpc) is 3.09. The van der Waals surface area contributed by atoms with Gasteiger partial charge in [-0.2, -0.15) is 0 Å². The summed E-state index contributed by atoms with van der Waals surface area (Å²) in [7, 11) is 0. The molecule has 1 aliphatic heterocycles. The zero-order valence-corrected chi connectivity index (χ0v) is 20.0. The summed E-state index contributed by atoms with van der Waals surface area (Å²) in [5, 5.41) is 0.435. The van der Waals surface area contributed by atoms with Crippen molar-refractivity contribution < 1.29 is 23.4 Å². The molecule has 6 heteroatoms. The largest absolute Gasteiger partial charge is 0.490 e. The van der Waals surface area contributed by atoms with E-state index in [0.717, 1.165) is 17.5 Å². The van der Waals surface area contributed by atoms with Crippen LogP contribution < -0.4 is 19.6 Å². The number of carbonyl (C=O) groups excluding carboxylic acids is 1. The molecule has 0 radical (unpaired) electrons. The molecule has 0 N–H and O–H groups in total. The number of carbonyl (C=O) groups is 1. The van der Waals surface area contributed by atoms with Crippen molar-refractivity contribution in [1.82, 2.24) is 0 Å². The molecule has 5 rings (SSSR count). The third kappa shape index (κ3) is 4.39. The van der Waals surface area contributed by atoms with Crippen molar-refractivity contribution in [3.05, 3.63) is 87.3 Å². The molecule has 2 heterocycles. The molecule has 0 saturated carbocycles. The molecule has 0 saturated heterocycles. The summed E-state index contributed by atoms with van der Waals surface area (Å²) in [6.45, 7) is 6.82. The number of hydrogen-bond donors (Lipinski definition) is 0. The van der Waals surface area contributed by atoms with Crippen LogP contribution in [0.15, 0.2) is 63.8 Å². The van der Waals surface area contributed by atoms with E-state index in [1.54, 1.807) is 31.2 Å². The predicted molar refractivity (Wildman–Crippen MR) is 134 cm³/mol. The summed E-state index contributed by atoms with van der Waals surface area (Å²) < 4.78 is 23.3. The Morgan fingerprint density at radius 3 is 2.43 bits per heavy atom. The molecule has 178 valence electrons. The van der Waals surface area contributed by atoms with Crippen molar-refractivity contribution in [3.63, 3.8) is 0 Å². The van der Waals surface area contributed by atoms with Gasteiger partial charge in [-0.15, -0.1) is 0 Å². The number of benzene rings is 3. The molecule has 0 atom stereocenters. The van der Waals surface area contributed by atoms with E-state index >= 15 is 0 Å². The Kier molecular flexibility index (Phi) is 6.03. The normalized spacial score (nSPS) is 12.9. The van der Waals surface area contributed by atoms with Gasteiger partial charge < -0.3 is 18.6 Å². The molecule has 3 aromatic carbocycles. The van der Waals surface area contributed by atoms with E-state index in [0.29, 0.717) is 70.3 Å². The highest BCUT2D eigenvalue weighted by atomic mass is 16.5. The summed E-state index contributed by atoms with van der Waals surface area (Å²) in [6, 6.07) is 16.1. The number of ether oxygens (including phenoxy) is 3. The van der Waals surface area contributed by atoms with E-state index in [4.69, 9.17) is 18.6 Å². The van der Waals surface area contributed by atoms with Crippen molar-refractivity contribution in [2.75, 3.05) is 13.2 Å². The molecule has 0 spiro atoms. The second kappa shape index (κ2) is 9.29. The van der Waals surface area contributed by atoms with Crippen LogP contribution in [-0.4, -0.2) is 19.2 Å². The Hall–Kier alpha value is -4.06.